The van der Waals surface area contributed by atoms with E-state index in [1.807, 2.05) is 18.7 Å². The molecule has 0 aromatic carbocycles. The molecule has 0 spiro atoms. The Balaban J connectivity index is 1.69. The molecular formula is C17H28N6O. The van der Waals surface area contributed by atoms with Crippen molar-refractivity contribution in [1.29, 1.82) is 0 Å². The van der Waals surface area contributed by atoms with Gasteiger partial charge in [-0.25, -0.2) is 4.98 Å². The Morgan fingerprint density at radius 1 is 1.00 bits per heavy atom. The standard InChI is InChI=1S/C17H28N6O/c1-4-16(24)22-9-11-23(12-10-22)17-18-14(2)13-15(19-17)21-7-5-20(3)6-8-21/h13H,4-12H2,1-3H3. The number of nitrogens with zero attached hydrogens (tertiary/aromatic N) is 6. The number of carbonyl (C=O) groups excluding carboxylic acids is 1. The zero-order chi connectivity index (χ0) is 17.1. The van der Waals surface area contributed by atoms with Gasteiger partial charge in [-0.3, -0.25) is 4.79 Å². The minimum atomic E-state index is 0.234. The van der Waals surface area contributed by atoms with E-state index in [2.05, 4.69) is 32.8 Å². The van der Waals surface area contributed by atoms with Crippen LogP contribution in [0.5, 0.6) is 0 Å². The van der Waals surface area contributed by atoms with Crippen molar-refractivity contribution < 1.29 is 4.79 Å². The highest BCUT2D eigenvalue weighted by atomic mass is 16.2. The van der Waals surface area contributed by atoms with E-state index < -0.39 is 0 Å². The molecule has 0 bridgehead atoms. The van der Waals surface area contributed by atoms with Gasteiger partial charge in [0.15, 0.2) is 0 Å². The Kier molecular flexibility index (Phi) is 5.18. The van der Waals surface area contributed by atoms with Gasteiger partial charge in [-0.2, -0.15) is 4.98 Å². The first-order chi connectivity index (χ1) is 11.6. The van der Waals surface area contributed by atoms with E-state index in [0.29, 0.717) is 6.42 Å². The summed E-state index contributed by atoms with van der Waals surface area (Å²) in [5.41, 5.74) is 1.00. The SMILES string of the molecule is CCC(=O)N1CCN(c2nc(C)cc(N3CCN(C)CC3)n2)CC1. The molecule has 3 heterocycles. The smallest absolute Gasteiger partial charge is 0.227 e. The Hall–Kier alpha value is -1.89. The zero-order valence-corrected chi connectivity index (χ0v) is 15.0. The molecule has 2 fully saturated rings. The van der Waals surface area contributed by atoms with Crippen molar-refractivity contribution in [2.45, 2.75) is 20.3 Å². The zero-order valence-electron chi connectivity index (χ0n) is 15.0. The third-order valence-electron chi connectivity index (χ3n) is 4.87. The molecule has 1 amide bonds. The molecule has 7 heteroatoms. The number of amides is 1. The van der Waals surface area contributed by atoms with Crippen LogP contribution in [-0.4, -0.2) is 85.1 Å². The van der Waals surface area contributed by atoms with Crippen LogP contribution in [0.1, 0.15) is 19.0 Å². The quantitative estimate of drug-likeness (QED) is 0.808. The van der Waals surface area contributed by atoms with Gasteiger partial charge in [-0.15, -0.1) is 0 Å². The van der Waals surface area contributed by atoms with Gasteiger partial charge in [-0.05, 0) is 14.0 Å². The fourth-order valence-electron chi connectivity index (χ4n) is 3.26. The lowest BCUT2D eigenvalue weighted by molar-refractivity contribution is -0.131. The molecule has 0 unspecified atom stereocenters. The molecule has 0 atom stereocenters. The number of anilines is 2. The summed E-state index contributed by atoms with van der Waals surface area (Å²) >= 11 is 0. The van der Waals surface area contributed by atoms with Gasteiger partial charge in [0.1, 0.15) is 5.82 Å². The molecule has 7 nitrogen and oxygen atoms in total. The number of likely N-dealkylation sites (N-methyl/N-ethyl adjacent to an activating group) is 1. The van der Waals surface area contributed by atoms with Crippen LogP contribution in [0.2, 0.25) is 0 Å². The molecule has 2 aliphatic heterocycles. The van der Waals surface area contributed by atoms with Crippen LogP contribution < -0.4 is 9.80 Å². The summed E-state index contributed by atoms with van der Waals surface area (Å²) in [5.74, 6) is 2.06. The predicted octanol–water partition coefficient (Wildman–Crippen LogP) is 0.595. The molecule has 0 saturated carbocycles. The van der Waals surface area contributed by atoms with Gasteiger partial charge >= 0.3 is 0 Å². The van der Waals surface area contributed by atoms with Crippen molar-refractivity contribution in [1.82, 2.24) is 19.8 Å². The van der Waals surface area contributed by atoms with E-state index in [9.17, 15) is 4.79 Å². The lowest BCUT2D eigenvalue weighted by atomic mass is 10.3. The van der Waals surface area contributed by atoms with Crippen LogP contribution in [0, 0.1) is 6.92 Å². The normalized spacial score (nSPS) is 19.7. The molecule has 2 aliphatic rings. The Morgan fingerprint density at radius 2 is 1.62 bits per heavy atom. The Morgan fingerprint density at radius 3 is 2.25 bits per heavy atom. The maximum Gasteiger partial charge on any atom is 0.227 e. The maximum absolute atomic E-state index is 11.8. The molecule has 0 radical (unpaired) electrons. The van der Waals surface area contributed by atoms with Crippen LogP contribution >= 0.6 is 0 Å². The van der Waals surface area contributed by atoms with Gasteiger partial charge in [0, 0.05) is 70.5 Å². The minimum Gasteiger partial charge on any atom is -0.354 e. The van der Waals surface area contributed by atoms with E-state index in [0.717, 1.165) is 69.8 Å². The second kappa shape index (κ2) is 7.34. The molecule has 132 valence electrons. The number of aryl methyl sites for hydroxylation is 1. The number of hydrogen-bond acceptors (Lipinski definition) is 6. The van der Waals surface area contributed by atoms with Gasteiger partial charge in [0.25, 0.3) is 0 Å². The van der Waals surface area contributed by atoms with Gasteiger partial charge in [-0.1, -0.05) is 6.92 Å². The first kappa shape index (κ1) is 17.0. The summed E-state index contributed by atoms with van der Waals surface area (Å²) in [7, 11) is 2.16. The van der Waals surface area contributed by atoms with E-state index in [-0.39, 0.29) is 5.91 Å². The Labute approximate surface area is 144 Å². The Bertz CT molecular complexity index is 576. The van der Waals surface area contributed by atoms with Crippen molar-refractivity contribution in [3.05, 3.63) is 11.8 Å². The lowest BCUT2D eigenvalue weighted by Gasteiger charge is -2.36. The molecule has 2 saturated heterocycles. The highest BCUT2D eigenvalue weighted by molar-refractivity contribution is 5.76. The van der Waals surface area contributed by atoms with Crippen LogP contribution in [0.25, 0.3) is 0 Å². The summed E-state index contributed by atoms with van der Waals surface area (Å²) < 4.78 is 0. The summed E-state index contributed by atoms with van der Waals surface area (Å²) in [6, 6.07) is 2.08. The van der Waals surface area contributed by atoms with Crippen molar-refractivity contribution >= 4 is 17.7 Å². The summed E-state index contributed by atoms with van der Waals surface area (Å²) in [5, 5.41) is 0. The highest BCUT2D eigenvalue weighted by Crippen LogP contribution is 2.20. The fourth-order valence-corrected chi connectivity index (χ4v) is 3.26. The van der Waals surface area contributed by atoms with Gasteiger partial charge in [0.05, 0.1) is 0 Å². The third kappa shape index (κ3) is 3.77. The largest absolute Gasteiger partial charge is 0.354 e. The number of hydrogen-bond donors (Lipinski definition) is 0. The number of rotatable bonds is 3. The molecule has 1 aromatic heterocycles. The monoisotopic (exact) mass is 332 g/mol. The van der Waals surface area contributed by atoms with E-state index in [1.54, 1.807) is 0 Å². The first-order valence-electron chi connectivity index (χ1n) is 8.88. The van der Waals surface area contributed by atoms with Crippen molar-refractivity contribution in [3.63, 3.8) is 0 Å². The van der Waals surface area contributed by atoms with Crippen molar-refractivity contribution in [2.24, 2.45) is 0 Å². The van der Waals surface area contributed by atoms with Crippen LogP contribution in [0.3, 0.4) is 0 Å². The van der Waals surface area contributed by atoms with Gasteiger partial charge < -0.3 is 19.6 Å². The van der Waals surface area contributed by atoms with Crippen LogP contribution in [0.15, 0.2) is 6.07 Å². The van der Waals surface area contributed by atoms with Crippen molar-refractivity contribution in [2.75, 3.05) is 69.2 Å². The minimum absolute atomic E-state index is 0.234. The molecule has 1 aromatic rings. The first-order valence-corrected chi connectivity index (χ1v) is 8.88. The average Bonchev–Trinajstić information content (AvgIpc) is 2.61. The highest BCUT2D eigenvalue weighted by Gasteiger charge is 2.23. The lowest BCUT2D eigenvalue weighted by Crippen LogP contribution is -2.49. The van der Waals surface area contributed by atoms with Crippen molar-refractivity contribution in [3.8, 4) is 0 Å². The molecule has 0 aliphatic carbocycles. The maximum atomic E-state index is 11.8. The summed E-state index contributed by atoms with van der Waals surface area (Å²) in [6.07, 6.45) is 0.578. The number of aromatic nitrogens is 2. The second-order valence-corrected chi connectivity index (χ2v) is 6.68. The second-order valence-electron chi connectivity index (χ2n) is 6.68. The average molecular weight is 332 g/mol. The van der Waals surface area contributed by atoms with E-state index in [4.69, 9.17) is 4.98 Å². The topological polar surface area (TPSA) is 55.8 Å². The number of carbonyl (C=O) groups is 1. The molecular weight excluding hydrogens is 304 g/mol. The molecule has 24 heavy (non-hydrogen) atoms. The van der Waals surface area contributed by atoms with E-state index in [1.165, 1.54) is 0 Å². The van der Waals surface area contributed by atoms with Crippen LogP contribution in [0.4, 0.5) is 11.8 Å². The third-order valence-corrected chi connectivity index (χ3v) is 4.87. The van der Waals surface area contributed by atoms with Gasteiger partial charge in [0.2, 0.25) is 11.9 Å². The predicted molar refractivity (Wildman–Crippen MR) is 95.6 cm³/mol. The van der Waals surface area contributed by atoms with Crippen LogP contribution in [-0.2, 0) is 4.79 Å². The summed E-state index contributed by atoms with van der Waals surface area (Å²) in [4.78, 5) is 30.1. The molecule has 3 rings (SSSR count). The number of piperazine rings is 2. The van der Waals surface area contributed by atoms with E-state index >= 15 is 0 Å². The fraction of sp³-hybridized carbons (Fsp3) is 0.706. The summed E-state index contributed by atoms with van der Waals surface area (Å²) in [6.45, 7) is 11.2. The molecule has 0 N–H and O–H groups in total.